The van der Waals surface area contributed by atoms with Crippen LogP contribution >= 0.6 is 0 Å². The van der Waals surface area contributed by atoms with Crippen molar-refractivity contribution in [3.05, 3.63) is 29.3 Å². The number of nitrogens with zero attached hydrogens (tertiary/aromatic N) is 1. The predicted octanol–water partition coefficient (Wildman–Crippen LogP) is 2.13. The van der Waals surface area contributed by atoms with Gasteiger partial charge in [-0.05, 0) is 44.0 Å². The van der Waals surface area contributed by atoms with Gasteiger partial charge in [0.1, 0.15) is 0 Å². The summed E-state index contributed by atoms with van der Waals surface area (Å²) in [7, 11) is 1.61. The number of aryl methyl sites for hydroxylation is 2. The Bertz CT molecular complexity index is 551. The third-order valence-electron chi connectivity index (χ3n) is 3.96. The maximum Gasteiger partial charge on any atom is 0.229 e. The zero-order valence-electron chi connectivity index (χ0n) is 13.7. The minimum absolute atomic E-state index is 0.00323. The third-order valence-corrected chi connectivity index (χ3v) is 3.96. The van der Waals surface area contributed by atoms with Crippen LogP contribution in [0, 0.1) is 19.8 Å². The lowest BCUT2D eigenvalue weighted by Crippen LogP contribution is -2.38. The molecule has 5 nitrogen and oxygen atoms in total. The van der Waals surface area contributed by atoms with Crippen LogP contribution in [-0.2, 0) is 14.3 Å². The standard InChI is InChI=1S/C17H24N2O3/c1-11-5-12(2)7-15(6-11)18-17(21)14-8-16(20)19(9-14)13(3)10-22-4/h5-7,13-14H,8-10H2,1-4H3,(H,18,21). The number of carbonyl (C=O) groups is 2. The van der Waals surface area contributed by atoms with Gasteiger partial charge in [0.25, 0.3) is 0 Å². The van der Waals surface area contributed by atoms with Gasteiger partial charge in [-0.15, -0.1) is 0 Å². The van der Waals surface area contributed by atoms with Crippen LogP contribution in [0.1, 0.15) is 24.5 Å². The molecule has 0 aliphatic carbocycles. The molecular formula is C17H24N2O3. The number of likely N-dealkylation sites (tertiary alicyclic amines) is 1. The number of amides is 2. The third kappa shape index (κ3) is 3.85. The lowest BCUT2D eigenvalue weighted by molar-refractivity contribution is -0.130. The van der Waals surface area contributed by atoms with Crippen LogP contribution < -0.4 is 5.32 Å². The van der Waals surface area contributed by atoms with Gasteiger partial charge < -0.3 is 15.0 Å². The van der Waals surface area contributed by atoms with Crippen LogP contribution in [0.4, 0.5) is 5.69 Å². The van der Waals surface area contributed by atoms with Gasteiger partial charge in [-0.25, -0.2) is 0 Å². The van der Waals surface area contributed by atoms with Gasteiger partial charge in [0.05, 0.1) is 18.6 Å². The average Bonchev–Trinajstić information content (AvgIpc) is 2.80. The quantitative estimate of drug-likeness (QED) is 0.906. The number of ether oxygens (including phenoxy) is 1. The fraction of sp³-hybridized carbons (Fsp3) is 0.529. The molecule has 2 rings (SSSR count). The molecule has 0 bridgehead atoms. The van der Waals surface area contributed by atoms with E-state index in [1.807, 2.05) is 32.9 Å². The van der Waals surface area contributed by atoms with Gasteiger partial charge in [0.15, 0.2) is 0 Å². The van der Waals surface area contributed by atoms with E-state index in [1.165, 1.54) is 0 Å². The molecule has 2 atom stereocenters. The Hall–Kier alpha value is -1.88. The summed E-state index contributed by atoms with van der Waals surface area (Å²) in [4.78, 5) is 26.2. The van der Waals surface area contributed by atoms with Crippen LogP contribution in [0.3, 0.4) is 0 Å². The molecule has 1 aliphatic heterocycles. The van der Waals surface area contributed by atoms with Crippen LogP contribution in [0.5, 0.6) is 0 Å². The van der Waals surface area contributed by atoms with Gasteiger partial charge in [-0.1, -0.05) is 6.07 Å². The highest BCUT2D eigenvalue weighted by molar-refractivity contribution is 5.97. The highest BCUT2D eigenvalue weighted by atomic mass is 16.5. The van der Waals surface area contributed by atoms with Crippen molar-refractivity contribution in [2.75, 3.05) is 25.6 Å². The highest BCUT2D eigenvalue weighted by Gasteiger charge is 2.36. The van der Waals surface area contributed by atoms with Crippen molar-refractivity contribution in [1.29, 1.82) is 0 Å². The number of rotatable bonds is 5. The molecule has 1 aromatic rings. The molecular weight excluding hydrogens is 280 g/mol. The normalized spacial score (nSPS) is 19.4. The summed E-state index contributed by atoms with van der Waals surface area (Å²) >= 11 is 0. The van der Waals surface area contributed by atoms with E-state index in [2.05, 4.69) is 11.4 Å². The molecule has 22 heavy (non-hydrogen) atoms. The molecule has 0 saturated carbocycles. The van der Waals surface area contributed by atoms with Crippen LogP contribution in [0.15, 0.2) is 18.2 Å². The molecule has 1 fully saturated rings. The average molecular weight is 304 g/mol. The summed E-state index contributed by atoms with van der Waals surface area (Å²) in [5.41, 5.74) is 3.00. The lowest BCUT2D eigenvalue weighted by atomic mass is 10.1. The molecule has 120 valence electrons. The first-order valence-electron chi connectivity index (χ1n) is 7.58. The summed E-state index contributed by atoms with van der Waals surface area (Å²) in [6.07, 6.45) is 0.269. The number of hydrogen-bond donors (Lipinski definition) is 1. The molecule has 2 unspecified atom stereocenters. The van der Waals surface area contributed by atoms with E-state index >= 15 is 0 Å². The summed E-state index contributed by atoms with van der Waals surface area (Å²) in [5.74, 6) is -0.372. The largest absolute Gasteiger partial charge is 0.383 e. The molecule has 0 aromatic heterocycles. The Morgan fingerprint density at radius 3 is 2.59 bits per heavy atom. The van der Waals surface area contributed by atoms with E-state index in [0.29, 0.717) is 13.2 Å². The predicted molar refractivity (Wildman–Crippen MR) is 85.7 cm³/mol. The minimum Gasteiger partial charge on any atom is -0.383 e. The molecule has 1 N–H and O–H groups in total. The second-order valence-electron chi connectivity index (χ2n) is 6.12. The number of hydrogen-bond acceptors (Lipinski definition) is 3. The Morgan fingerprint density at radius 1 is 1.36 bits per heavy atom. The highest BCUT2D eigenvalue weighted by Crippen LogP contribution is 2.23. The van der Waals surface area contributed by atoms with Crippen molar-refractivity contribution in [2.45, 2.75) is 33.2 Å². The fourth-order valence-electron chi connectivity index (χ4n) is 2.96. The number of nitrogens with one attached hydrogen (secondary N) is 1. The molecule has 1 heterocycles. The maximum atomic E-state index is 12.4. The molecule has 2 amide bonds. The van der Waals surface area contributed by atoms with Gasteiger partial charge >= 0.3 is 0 Å². The van der Waals surface area contributed by atoms with E-state index in [-0.39, 0.29) is 30.2 Å². The van der Waals surface area contributed by atoms with Crippen molar-refractivity contribution in [1.82, 2.24) is 4.90 Å². The Balaban J connectivity index is 2.00. The summed E-state index contributed by atoms with van der Waals surface area (Å²) in [5, 5.41) is 2.93. The smallest absolute Gasteiger partial charge is 0.229 e. The van der Waals surface area contributed by atoms with E-state index in [4.69, 9.17) is 4.74 Å². The first-order chi connectivity index (χ1) is 10.4. The van der Waals surface area contributed by atoms with Crippen molar-refractivity contribution < 1.29 is 14.3 Å². The van der Waals surface area contributed by atoms with E-state index < -0.39 is 0 Å². The molecule has 1 saturated heterocycles. The lowest BCUT2D eigenvalue weighted by Gasteiger charge is -2.23. The zero-order valence-corrected chi connectivity index (χ0v) is 13.7. The van der Waals surface area contributed by atoms with Crippen LogP contribution in [0.25, 0.3) is 0 Å². The fourth-order valence-corrected chi connectivity index (χ4v) is 2.96. The van der Waals surface area contributed by atoms with Crippen LogP contribution in [-0.4, -0.2) is 43.0 Å². The van der Waals surface area contributed by atoms with Gasteiger partial charge in [0.2, 0.25) is 11.8 Å². The maximum absolute atomic E-state index is 12.4. The number of carbonyl (C=O) groups excluding carboxylic acids is 2. The van der Waals surface area contributed by atoms with Crippen molar-refractivity contribution in [3.8, 4) is 0 Å². The summed E-state index contributed by atoms with van der Waals surface area (Å²) in [6.45, 7) is 6.87. The summed E-state index contributed by atoms with van der Waals surface area (Å²) in [6, 6.07) is 5.93. The van der Waals surface area contributed by atoms with Gasteiger partial charge in [-0.2, -0.15) is 0 Å². The molecule has 0 spiro atoms. The Morgan fingerprint density at radius 2 is 2.00 bits per heavy atom. The van der Waals surface area contributed by atoms with E-state index in [0.717, 1.165) is 16.8 Å². The number of methoxy groups -OCH3 is 1. The Kier molecular flexibility index (Phi) is 5.19. The second kappa shape index (κ2) is 6.92. The second-order valence-corrected chi connectivity index (χ2v) is 6.12. The molecule has 0 radical (unpaired) electrons. The summed E-state index contributed by atoms with van der Waals surface area (Å²) < 4.78 is 5.09. The molecule has 1 aromatic carbocycles. The van der Waals surface area contributed by atoms with Crippen molar-refractivity contribution >= 4 is 17.5 Å². The Labute approximate surface area is 131 Å². The molecule has 5 heteroatoms. The number of anilines is 1. The monoisotopic (exact) mass is 304 g/mol. The SMILES string of the molecule is COCC(C)N1CC(C(=O)Nc2cc(C)cc(C)c2)CC1=O. The van der Waals surface area contributed by atoms with Crippen LogP contribution in [0.2, 0.25) is 0 Å². The zero-order chi connectivity index (χ0) is 16.3. The van der Waals surface area contributed by atoms with E-state index in [1.54, 1.807) is 12.0 Å². The topological polar surface area (TPSA) is 58.6 Å². The van der Waals surface area contributed by atoms with Gasteiger partial charge in [0, 0.05) is 25.8 Å². The number of benzene rings is 1. The first-order valence-corrected chi connectivity index (χ1v) is 7.58. The van der Waals surface area contributed by atoms with Crippen molar-refractivity contribution in [2.24, 2.45) is 5.92 Å². The van der Waals surface area contributed by atoms with Gasteiger partial charge in [-0.3, -0.25) is 9.59 Å². The minimum atomic E-state index is -0.298. The first kappa shape index (κ1) is 16.5. The molecule has 1 aliphatic rings. The van der Waals surface area contributed by atoms with Crippen molar-refractivity contribution in [3.63, 3.8) is 0 Å². The van der Waals surface area contributed by atoms with E-state index in [9.17, 15) is 9.59 Å².